The normalized spacial score (nSPS) is 23.1. The lowest BCUT2D eigenvalue weighted by molar-refractivity contribution is 0.164. The van der Waals surface area contributed by atoms with Crippen molar-refractivity contribution in [2.75, 3.05) is 19.0 Å². The van der Waals surface area contributed by atoms with E-state index in [-0.39, 0.29) is 5.92 Å². The summed E-state index contributed by atoms with van der Waals surface area (Å²) in [7, 11) is 0. The highest BCUT2D eigenvalue weighted by atomic mass is 32.2. The Kier molecular flexibility index (Phi) is 6.63. The van der Waals surface area contributed by atoms with Crippen LogP contribution in [0.15, 0.2) is 14.6 Å². The molecule has 0 spiro atoms. The lowest BCUT2D eigenvalue weighted by atomic mass is 9.86. The minimum Gasteiger partial charge on any atom is -0.381 e. The molecule has 2 saturated carbocycles. The minimum atomic E-state index is -0.402. The van der Waals surface area contributed by atoms with Crippen molar-refractivity contribution in [2.24, 2.45) is 23.7 Å². The van der Waals surface area contributed by atoms with Gasteiger partial charge in [-0.15, -0.1) is 11.8 Å². The van der Waals surface area contributed by atoms with E-state index >= 15 is 0 Å². The number of aromatic nitrogens is 4. The molecule has 2 aliphatic carbocycles. The summed E-state index contributed by atoms with van der Waals surface area (Å²) in [5.41, 5.74) is -0.319. The van der Waals surface area contributed by atoms with E-state index in [0.29, 0.717) is 47.5 Å². The standard InChI is InChI=1S/C22H32N4O3S/c1-4-29-7-8-30-21-18-19(26(12-13(2)3)22(28)25-20(18)27)23-17(24-21)11-16-10-14-5-6-15(16)9-14/h13-16H,4-12H2,1-3H3,(H,25,27,28). The van der Waals surface area contributed by atoms with E-state index in [9.17, 15) is 9.59 Å². The summed E-state index contributed by atoms with van der Waals surface area (Å²) in [6.07, 6.45) is 6.11. The Morgan fingerprint density at radius 3 is 2.73 bits per heavy atom. The van der Waals surface area contributed by atoms with Gasteiger partial charge in [-0.25, -0.2) is 14.8 Å². The number of H-pyrrole nitrogens is 1. The largest absolute Gasteiger partial charge is 0.381 e. The summed E-state index contributed by atoms with van der Waals surface area (Å²) in [5.74, 6) is 3.99. The zero-order valence-electron chi connectivity index (χ0n) is 18.1. The van der Waals surface area contributed by atoms with Crippen LogP contribution in [0.4, 0.5) is 0 Å². The first-order chi connectivity index (χ1) is 14.5. The lowest BCUT2D eigenvalue weighted by Crippen LogP contribution is -2.33. The minimum absolute atomic E-state index is 0.259. The van der Waals surface area contributed by atoms with Gasteiger partial charge in [0.05, 0.1) is 6.61 Å². The maximum absolute atomic E-state index is 12.7. The molecule has 3 unspecified atom stereocenters. The van der Waals surface area contributed by atoms with E-state index in [4.69, 9.17) is 14.7 Å². The van der Waals surface area contributed by atoms with Crippen molar-refractivity contribution in [3.05, 3.63) is 26.7 Å². The number of hydrogen-bond acceptors (Lipinski definition) is 6. The van der Waals surface area contributed by atoms with Gasteiger partial charge in [-0.05, 0) is 49.9 Å². The molecule has 0 radical (unpaired) electrons. The number of fused-ring (bicyclic) bond motifs is 3. The van der Waals surface area contributed by atoms with Crippen molar-refractivity contribution in [1.29, 1.82) is 0 Å². The molecule has 2 aliphatic rings. The van der Waals surface area contributed by atoms with Gasteiger partial charge in [-0.1, -0.05) is 20.3 Å². The predicted octanol–water partition coefficient (Wildman–Crippen LogP) is 3.24. The molecule has 2 fully saturated rings. The average Bonchev–Trinajstić information content (AvgIpc) is 3.31. The molecule has 0 aromatic carbocycles. The van der Waals surface area contributed by atoms with Crippen LogP contribution in [-0.4, -0.2) is 38.5 Å². The quantitative estimate of drug-likeness (QED) is 0.372. The molecular formula is C22H32N4O3S. The molecule has 2 heterocycles. The van der Waals surface area contributed by atoms with Crippen molar-refractivity contribution in [3.63, 3.8) is 0 Å². The first-order valence-electron chi connectivity index (χ1n) is 11.2. The van der Waals surface area contributed by atoms with Crippen LogP contribution in [0.5, 0.6) is 0 Å². The van der Waals surface area contributed by atoms with Crippen LogP contribution in [0.1, 0.15) is 52.3 Å². The summed E-state index contributed by atoms with van der Waals surface area (Å²) in [6, 6.07) is 0. The Hall–Kier alpha value is -1.67. The summed E-state index contributed by atoms with van der Waals surface area (Å²) in [4.78, 5) is 37.4. The van der Waals surface area contributed by atoms with Crippen LogP contribution in [0.2, 0.25) is 0 Å². The number of aromatic amines is 1. The second-order valence-electron chi connectivity index (χ2n) is 9.09. The van der Waals surface area contributed by atoms with Gasteiger partial charge < -0.3 is 4.74 Å². The van der Waals surface area contributed by atoms with Crippen LogP contribution in [-0.2, 0) is 17.7 Å². The van der Waals surface area contributed by atoms with E-state index in [0.717, 1.165) is 24.1 Å². The number of thioether (sulfide) groups is 1. The molecule has 8 heteroatoms. The maximum Gasteiger partial charge on any atom is 0.330 e. The van der Waals surface area contributed by atoms with Crippen LogP contribution < -0.4 is 11.2 Å². The zero-order valence-corrected chi connectivity index (χ0v) is 19.0. The maximum atomic E-state index is 12.7. The fourth-order valence-electron chi connectivity index (χ4n) is 5.12. The molecule has 1 N–H and O–H groups in total. The smallest absolute Gasteiger partial charge is 0.330 e. The molecule has 2 bridgehead atoms. The van der Waals surface area contributed by atoms with Gasteiger partial charge in [0.2, 0.25) is 0 Å². The van der Waals surface area contributed by atoms with E-state index < -0.39 is 11.2 Å². The van der Waals surface area contributed by atoms with Gasteiger partial charge in [0.1, 0.15) is 16.2 Å². The van der Waals surface area contributed by atoms with Gasteiger partial charge in [0.15, 0.2) is 5.65 Å². The van der Waals surface area contributed by atoms with E-state index in [1.807, 2.05) is 6.92 Å². The number of nitrogens with zero attached hydrogens (tertiary/aromatic N) is 3. The topological polar surface area (TPSA) is 89.9 Å². The number of nitrogens with one attached hydrogen (secondary N) is 1. The molecular weight excluding hydrogens is 400 g/mol. The SMILES string of the molecule is CCOCCSc1nc(CC2CC3CCC2C3)nc2c1c(=O)[nH]c(=O)n2CC(C)C. The third-order valence-electron chi connectivity index (χ3n) is 6.40. The van der Waals surface area contributed by atoms with Crippen molar-refractivity contribution in [1.82, 2.24) is 19.5 Å². The van der Waals surface area contributed by atoms with Gasteiger partial charge in [-0.3, -0.25) is 14.3 Å². The highest BCUT2D eigenvalue weighted by molar-refractivity contribution is 7.99. The van der Waals surface area contributed by atoms with Crippen LogP contribution in [0.3, 0.4) is 0 Å². The van der Waals surface area contributed by atoms with Crippen LogP contribution >= 0.6 is 11.8 Å². The van der Waals surface area contributed by atoms with Crippen molar-refractivity contribution in [2.45, 2.75) is 64.4 Å². The summed E-state index contributed by atoms with van der Waals surface area (Å²) in [6.45, 7) is 7.84. The summed E-state index contributed by atoms with van der Waals surface area (Å²) < 4.78 is 7.07. The molecule has 2 aromatic rings. The molecule has 3 atom stereocenters. The fraction of sp³-hybridized carbons (Fsp3) is 0.727. The molecule has 0 saturated heterocycles. The monoisotopic (exact) mass is 432 g/mol. The van der Waals surface area contributed by atoms with Crippen molar-refractivity contribution >= 4 is 22.8 Å². The Labute approximate surface area is 181 Å². The molecule has 0 aliphatic heterocycles. The second-order valence-corrected chi connectivity index (χ2v) is 10.2. The number of rotatable bonds is 9. The average molecular weight is 433 g/mol. The van der Waals surface area contributed by atoms with Gasteiger partial charge in [0.25, 0.3) is 5.56 Å². The Morgan fingerprint density at radius 2 is 2.07 bits per heavy atom. The first kappa shape index (κ1) is 21.6. The van der Waals surface area contributed by atoms with Crippen LogP contribution in [0.25, 0.3) is 11.0 Å². The number of ether oxygens (including phenoxy) is 1. The predicted molar refractivity (Wildman–Crippen MR) is 119 cm³/mol. The van der Waals surface area contributed by atoms with E-state index in [1.165, 1.54) is 37.4 Å². The number of hydrogen-bond donors (Lipinski definition) is 1. The summed E-state index contributed by atoms with van der Waals surface area (Å²) in [5, 5.41) is 1.09. The van der Waals surface area contributed by atoms with E-state index in [2.05, 4.69) is 18.8 Å². The Balaban J connectivity index is 1.75. The summed E-state index contributed by atoms with van der Waals surface area (Å²) >= 11 is 1.51. The first-order valence-corrected chi connectivity index (χ1v) is 12.2. The molecule has 0 amide bonds. The second kappa shape index (κ2) is 9.22. The fourth-order valence-corrected chi connectivity index (χ4v) is 6.01. The lowest BCUT2D eigenvalue weighted by Gasteiger charge is -2.21. The van der Waals surface area contributed by atoms with Crippen LogP contribution in [0, 0.1) is 23.7 Å². The molecule has 164 valence electrons. The van der Waals surface area contributed by atoms with Gasteiger partial charge in [0, 0.05) is 25.3 Å². The molecule has 2 aromatic heterocycles. The zero-order chi connectivity index (χ0) is 21.3. The van der Waals surface area contributed by atoms with E-state index in [1.54, 1.807) is 4.57 Å². The molecule has 30 heavy (non-hydrogen) atoms. The Bertz CT molecular complexity index is 1020. The highest BCUT2D eigenvalue weighted by Gasteiger charge is 2.39. The third kappa shape index (κ3) is 4.49. The molecule has 4 rings (SSSR count). The van der Waals surface area contributed by atoms with Crippen molar-refractivity contribution < 1.29 is 4.74 Å². The highest BCUT2D eigenvalue weighted by Crippen LogP contribution is 2.49. The van der Waals surface area contributed by atoms with Gasteiger partial charge in [-0.2, -0.15) is 0 Å². The third-order valence-corrected chi connectivity index (χ3v) is 7.34. The van der Waals surface area contributed by atoms with Gasteiger partial charge >= 0.3 is 5.69 Å². The molecule has 7 nitrogen and oxygen atoms in total. The Morgan fingerprint density at radius 1 is 1.23 bits per heavy atom. The van der Waals surface area contributed by atoms with Crippen molar-refractivity contribution in [3.8, 4) is 0 Å².